The van der Waals surface area contributed by atoms with E-state index in [0.717, 1.165) is 57.6 Å². The number of ether oxygens (including phenoxy) is 1. The summed E-state index contributed by atoms with van der Waals surface area (Å²) in [5, 5.41) is 3.15. The van der Waals surface area contributed by atoms with Crippen molar-refractivity contribution < 1.29 is 9.53 Å². The zero-order valence-corrected chi connectivity index (χ0v) is 16.2. The minimum atomic E-state index is 0.0259. The Labute approximate surface area is 157 Å². The fourth-order valence-electron chi connectivity index (χ4n) is 4.07. The summed E-state index contributed by atoms with van der Waals surface area (Å²) in [5.74, 6) is 0.187. The lowest BCUT2D eigenvalue weighted by Crippen LogP contribution is -2.47. The standard InChI is InChI=1S/C21H33N3O2/c1-15-3-4-17(11-16(15)2)12-23-21(25)18-5-6-19(22)14-24(13-18)20-7-9-26-10-8-20/h3-4,11,18-20H,5-10,12-14,22H2,1-2H3,(H,23,25)/t18-,19+/m1/s1. The zero-order chi connectivity index (χ0) is 18.5. The van der Waals surface area contributed by atoms with Crippen LogP contribution in [0.3, 0.4) is 0 Å². The minimum Gasteiger partial charge on any atom is -0.381 e. The summed E-state index contributed by atoms with van der Waals surface area (Å²) in [6.45, 7) is 8.17. The highest BCUT2D eigenvalue weighted by Crippen LogP contribution is 2.22. The van der Waals surface area contributed by atoms with E-state index in [-0.39, 0.29) is 17.9 Å². The molecule has 0 unspecified atom stereocenters. The van der Waals surface area contributed by atoms with Crippen LogP contribution >= 0.6 is 0 Å². The van der Waals surface area contributed by atoms with Crippen LogP contribution in [0.15, 0.2) is 18.2 Å². The molecule has 0 bridgehead atoms. The van der Waals surface area contributed by atoms with Crippen LogP contribution in [-0.4, -0.2) is 49.2 Å². The van der Waals surface area contributed by atoms with E-state index in [1.807, 2.05) is 0 Å². The number of likely N-dealkylation sites (tertiary alicyclic amines) is 1. The average Bonchev–Trinajstić information content (AvgIpc) is 2.85. The van der Waals surface area contributed by atoms with E-state index in [4.69, 9.17) is 10.5 Å². The molecule has 1 aromatic rings. The molecule has 2 aliphatic rings. The Bertz CT molecular complexity index is 613. The highest BCUT2D eigenvalue weighted by Gasteiger charge is 2.31. The van der Waals surface area contributed by atoms with Crippen LogP contribution in [0.2, 0.25) is 0 Å². The molecule has 3 N–H and O–H groups in total. The zero-order valence-electron chi connectivity index (χ0n) is 16.2. The third kappa shape index (κ3) is 5.06. The van der Waals surface area contributed by atoms with E-state index >= 15 is 0 Å². The smallest absolute Gasteiger partial charge is 0.224 e. The molecule has 2 atom stereocenters. The van der Waals surface area contributed by atoms with Crippen molar-refractivity contribution in [1.29, 1.82) is 0 Å². The first-order chi connectivity index (χ1) is 12.5. The van der Waals surface area contributed by atoms with Crippen molar-refractivity contribution in [2.75, 3.05) is 26.3 Å². The van der Waals surface area contributed by atoms with E-state index in [0.29, 0.717) is 12.6 Å². The van der Waals surface area contributed by atoms with Crippen LogP contribution in [0.1, 0.15) is 42.4 Å². The molecule has 0 aromatic heterocycles. The quantitative estimate of drug-likeness (QED) is 0.864. The number of aryl methyl sites for hydroxylation is 2. The average molecular weight is 360 g/mol. The number of rotatable bonds is 4. The predicted octanol–water partition coefficient (Wildman–Crippen LogP) is 2.14. The summed E-state index contributed by atoms with van der Waals surface area (Å²) in [5.41, 5.74) is 9.99. The third-order valence-corrected chi connectivity index (χ3v) is 5.93. The minimum absolute atomic E-state index is 0.0259. The number of benzene rings is 1. The first-order valence-corrected chi connectivity index (χ1v) is 9.94. The van der Waals surface area contributed by atoms with Gasteiger partial charge in [0.1, 0.15) is 0 Å². The fraction of sp³-hybridized carbons (Fsp3) is 0.667. The van der Waals surface area contributed by atoms with E-state index in [2.05, 4.69) is 42.3 Å². The molecule has 144 valence electrons. The van der Waals surface area contributed by atoms with Crippen molar-refractivity contribution in [2.24, 2.45) is 11.7 Å². The fourth-order valence-corrected chi connectivity index (χ4v) is 4.07. The molecule has 1 aromatic carbocycles. The molecule has 0 spiro atoms. The lowest BCUT2D eigenvalue weighted by atomic mass is 10.00. The molecule has 1 amide bonds. The van der Waals surface area contributed by atoms with E-state index in [1.54, 1.807) is 0 Å². The van der Waals surface area contributed by atoms with Gasteiger partial charge in [-0.2, -0.15) is 0 Å². The van der Waals surface area contributed by atoms with Crippen molar-refractivity contribution in [3.8, 4) is 0 Å². The number of hydrogen-bond donors (Lipinski definition) is 2. The van der Waals surface area contributed by atoms with Crippen molar-refractivity contribution in [3.05, 3.63) is 34.9 Å². The molecule has 2 saturated heterocycles. The van der Waals surface area contributed by atoms with Gasteiger partial charge >= 0.3 is 0 Å². The number of nitrogens with zero attached hydrogens (tertiary/aromatic N) is 1. The van der Waals surface area contributed by atoms with Gasteiger partial charge in [0.25, 0.3) is 0 Å². The van der Waals surface area contributed by atoms with Gasteiger partial charge in [0.15, 0.2) is 0 Å². The molecule has 0 saturated carbocycles. The maximum Gasteiger partial charge on any atom is 0.224 e. The van der Waals surface area contributed by atoms with Gasteiger partial charge in [0.2, 0.25) is 5.91 Å². The van der Waals surface area contributed by atoms with Crippen molar-refractivity contribution in [3.63, 3.8) is 0 Å². The largest absolute Gasteiger partial charge is 0.381 e. The van der Waals surface area contributed by atoms with Crippen LogP contribution in [0.25, 0.3) is 0 Å². The highest BCUT2D eigenvalue weighted by molar-refractivity contribution is 5.78. The summed E-state index contributed by atoms with van der Waals surface area (Å²) >= 11 is 0. The Morgan fingerprint density at radius 3 is 2.65 bits per heavy atom. The Morgan fingerprint density at radius 1 is 1.15 bits per heavy atom. The molecule has 26 heavy (non-hydrogen) atoms. The molecular formula is C21H33N3O2. The maximum absolute atomic E-state index is 12.8. The predicted molar refractivity (Wildman–Crippen MR) is 104 cm³/mol. The molecule has 5 heteroatoms. The lowest BCUT2D eigenvalue weighted by Gasteiger charge is -2.35. The number of carbonyl (C=O) groups excluding carboxylic acids is 1. The van der Waals surface area contributed by atoms with Gasteiger partial charge in [-0.25, -0.2) is 0 Å². The lowest BCUT2D eigenvalue weighted by molar-refractivity contribution is -0.126. The van der Waals surface area contributed by atoms with Gasteiger partial charge < -0.3 is 15.8 Å². The van der Waals surface area contributed by atoms with Gasteiger partial charge in [0, 0.05) is 44.9 Å². The molecular weight excluding hydrogens is 326 g/mol. The molecule has 0 radical (unpaired) electrons. The molecule has 2 fully saturated rings. The number of amides is 1. The van der Waals surface area contributed by atoms with Gasteiger partial charge in [-0.05, 0) is 56.2 Å². The second-order valence-corrected chi connectivity index (χ2v) is 7.97. The van der Waals surface area contributed by atoms with Gasteiger partial charge in [-0.3, -0.25) is 9.69 Å². The maximum atomic E-state index is 12.8. The van der Waals surface area contributed by atoms with Crippen molar-refractivity contribution in [2.45, 2.75) is 58.2 Å². The van der Waals surface area contributed by atoms with Crippen LogP contribution in [0, 0.1) is 19.8 Å². The van der Waals surface area contributed by atoms with Crippen LogP contribution in [0.5, 0.6) is 0 Å². The van der Waals surface area contributed by atoms with Crippen LogP contribution in [0.4, 0.5) is 0 Å². The Balaban J connectivity index is 1.58. The monoisotopic (exact) mass is 359 g/mol. The van der Waals surface area contributed by atoms with Crippen molar-refractivity contribution in [1.82, 2.24) is 10.2 Å². The summed E-state index contributed by atoms with van der Waals surface area (Å²) < 4.78 is 5.49. The van der Waals surface area contributed by atoms with Gasteiger partial charge in [-0.15, -0.1) is 0 Å². The summed E-state index contributed by atoms with van der Waals surface area (Å²) in [6, 6.07) is 7.04. The van der Waals surface area contributed by atoms with Crippen LogP contribution in [-0.2, 0) is 16.1 Å². The molecule has 3 rings (SSSR count). The van der Waals surface area contributed by atoms with E-state index in [9.17, 15) is 4.79 Å². The number of nitrogens with one attached hydrogen (secondary N) is 1. The summed E-state index contributed by atoms with van der Waals surface area (Å²) in [7, 11) is 0. The normalized spacial score (nSPS) is 25.7. The second kappa shape index (κ2) is 8.98. The number of hydrogen-bond acceptors (Lipinski definition) is 4. The second-order valence-electron chi connectivity index (χ2n) is 7.97. The molecule has 0 aliphatic carbocycles. The van der Waals surface area contributed by atoms with Crippen molar-refractivity contribution >= 4 is 5.91 Å². The van der Waals surface area contributed by atoms with Gasteiger partial charge in [0.05, 0.1) is 5.92 Å². The number of carbonyl (C=O) groups is 1. The Morgan fingerprint density at radius 2 is 1.92 bits per heavy atom. The van der Waals surface area contributed by atoms with E-state index in [1.165, 1.54) is 11.1 Å². The summed E-state index contributed by atoms with van der Waals surface area (Å²) in [6.07, 6.45) is 3.88. The molecule has 2 aliphatic heterocycles. The first-order valence-electron chi connectivity index (χ1n) is 9.94. The third-order valence-electron chi connectivity index (χ3n) is 5.93. The van der Waals surface area contributed by atoms with Gasteiger partial charge in [-0.1, -0.05) is 18.2 Å². The highest BCUT2D eigenvalue weighted by atomic mass is 16.5. The Kier molecular flexibility index (Phi) is 6.68. The first kappa shape index (κ1) is 19.3. The van der Waals surface area contributed by atoms with Crippen LogP contribution < -0.4 is 11.1 Å². The topological polar surface area (TPSA) is 67.6 Å². The SMILES string of the molecule is Cc1ccc(CNC(=O)[C@@H]2CC[C@H](N)CN(C3CCOCC3)C2)cc1C. The summed E-state index contributed by atoms with van der Waals surface area (Å²) in [4.78, 5) is 15.3. The van der Waals surface area contributed by atoms with E-state index < -0.39 is 0 Å². The molecule has 2 heterocycles. The number of nitrogens with two attached hydrogens (primary N) is 1. The molecule has 5 nitrogen and oxygen atoms in total. The Hall–Kier alpha value is -1.43.